The summed E-state index contributed by atoms with van der Waals surface area (Å²) in [5.41, 5.74) is 9.77. The second-order valence-corrected chi connectivity index (χ2v) is 13.6. The Balaban J connectivity index is 1.19. The van der Waals surface area contributed by atoms with E-state index in [0.717, 1.165) is 49.9 Å². The minimum absolute atomic E-state index is 0.641. The summed E-state index contributed by atoms with van der Waals surface area (Å²) in [6.45, 7) is 0. The van der Waals surface area contributed by atoms with Gasteiger partial charge in [0, 0.05) is 49.3 Å². The van der Waals surface area contributed by atoms with Gasteiger partial charge in [0.2, 0.25) is 0 Å². The van der Waals surface area contributed by atoms with E-state index in [1.54, 1.807) is 0 Å². The molecule has 54 heavy (non-hydrogen) atoms. The number of para-hydroxylation sites is 3. The second kappa shape index (κ2) is 12.1. The topological polar surface area (TPSA) is 48.5 Å². The van der Waals surface area contributed by atoms with Gasteiger partial charge in [-0.25, -0.2) is 15.0 Å². The van der Waals surface area contributed by atoms with Crippen LogP contribution in [0.15, 0.2) is 188 Å². The van der Waals surface area contributed by atoms with Crippen LogP contribution in [-0.2, 0) is 0 Å². The van der Waals surface area contributed by atoms with Crippen molar-refractivity contribution in [3.05, 3.63) is 188 Å². The zero-order chi connectivity index (χ0) is 35.6. The van der Waals surface area contributed by atoms with E-state index >= 15 is 0 Å². The van der Waals surface area contributed by atoms with Crippen LogP contribution in [0.4, 0.5) is 0 Å². The van der Waals surface area contributed by atoms with Crippen LogP contribution in [-0.4, -0.2) is 24.1 Å². The average Bonchev–Trinajstić information content (AvgIpc) is 3.75. The molecule has 0 fully saturated rings. The van der Waals surface area contributed by atoms with Gasteiger partial charge in [0.15, 0.2) is 17.5 Å². The predicted octanol–water partition coefficient (Wildman–Crippen LogP) is 12.2. The maximum absolute atomic E-state index is 5.10. The average molecular weight is 690 g/mol. The molecular weight excluding hydrogens is 659 g/mol. The molecule has 0 amide bonds. The molecule has 5 heteroatoms. The molecule has 11 aromatic rings. The molecule has 3 heterocycles. The van der Waals surface area contributed by atoms with Crippen LogP contribution in [0.25, 0.3) is 99.9 Å². The molecule has 8 aromatic carbocycles. The number of nitrogens with zero attached hydrogens (tertiary/aromatic N) is 5. The Kier molecular flexibility index (Phi) is 6.79. The van der Waals surface area contributed by atoms with Gasteiger partial charge >= 0.3 is 0 Å². The molecule has 0 bridgehead atoms. The first-order valence-electron chi connectivity index (χ1n) is 18.2. The number of hydrogen-bond donors (Lipinski definition) is 0. The quantitative estimate of drug-likeness (QED) is 0.181. The van der Waals surface area contributed by atoms with Gasteiger partial charge in [-0.1, -0.05) is 140 Å². The van der Waals surface area contributed by atoms with Crippen molar-refractivity contribution < 1.29 is 0 Å². The van der Waals surface area contributed by atoms with Crippen molar-refractivity contribution in [2.24, 2.45) is 0 Å². The van der Waals surface area contributed by atoms with Crippen molar-refractivity contribution in [2.45, 2.75) is 0 Å². The number of aromatic nitrogens is 5. The van der Waals surface area contributed by atoms with Crippen LogP contribution in [0.2, 0.25) is 0 Å². The van der Waals surface area contributed by atoms with Crippen molar-refractivity contribution in [2.75, 3.05) is 0 Å². The van der Waals surface area contributed by atoms with E-state index in [1.165, 1.54) is 32.6 Å². The Hall–Kier alpha value is -7.37. The zero-order valence-corrected chi connectivity index (χ0v) is 29.1. The first-order chi connectivity index (χ1) is 26.8. The van der Waals surface area contributed by atoms with Gasteiger partial charge in [0.1, 0.15) is 0 Å². The number of rotatable bonds is 5. The normalized spacial score (nSPS) is 11.7. The maximum Gasteiger partial charge on any atom is 0.164 e. The third-order valence-electron chi connectivity index (χ3n) is 10.6. The van der Waals surface area contributed by atoms with Crippen LogP contribution in [0.5, 0.6) is 0 Å². The third-order valence-corrected chi connectivity index (χ3v) is 10.6. The third kappa shape index (κ3) is 4.69. The first-order valence-corrected chi connectivity index (χ1v) is 18.2. The van der Waals surface area contributed by atoms with Crippen LogP contribution >= 0.6 is 0 Å². The van der Waals surface area contributed by atoms with Gasteiger partial charge in [-0.3, -0.25) is 0 Å². The largest absolute Gasteiger partial charge is 0.309 e. The van der Waals surface area contributed by atoms with Crippen LogP contribution in [0, 0.1) is 0 Å². The van der Waals surface area contributed by atoms with E-state index in [1.807, 2.05) is 60.7 Å². The summed E-state index contributed by atoms with van der Waals surface area (Å²) < 4.78 is 4.82. The Morgan fingerprint density at radius 3 is 1.37 bits per heavy atom. The Labute approximate surface area is 311 Å². The van der Waals surface area contributed by atoms with E-state index in [4.69, 9.17) is 15.0 Å². The molecule has 0 unspecified atom stereocenters. The minimum Gasteiger partial charge on any atom is -0.309 e. The molecular formula is C49H31N5. The monoisotopic (exact) mass is 689 g/mol. The molecule has 0 aliphatic carbocycles. The fourth-order valence-electron chi connectivity index (χ4n) is 8.15. The second-order valence-electron chi connectivity index (χ2n) is 13.6. The summed E-state index contributed by atoms with van der Waals surface area (Å²) in [4.78, 5) is 15.2. The lowest BCUT2D eigenvalue weighted by molar-refractivity contribution is 1.08. The summed E-state index contributed by atoms with van der Waals surface area (Å²) >= 11 is 0. The Morgan fingerprint density at radius 2 is 0.759 bits per heavy atom. The molecule has 0 radical (unpaired) electrons. The van der Waals surface area contributed by atoms with Crippen molar-refractivity contribution in [1.82, 2.24) is 24.1 Å². The van der Waals surface area contributed by atoms with Gasteiger partial charge in [0.25, 0.3) is 0 Å². The number of benzene rings is 8. The van der Waals surface area contributed by atoms with Gasteiger partial charge in [-0.05, 0) is 53.9 Å². The van der Waals surface area contributed by atoms with E-state index in [2.05, 4.69) is 137 Å². The van der Waals surface area contributed by atoms with Crippen LogP contribution < -0.4 is 0 Å². The fraction of sp³-hybridized carbons (Fsp3) is 0. The van der Waals surface area contributed by atoms with E-state index in [-0.39, 0.29) is 0 Å². The standard InChI is InChI=1S/C49H31N5/c1-4-16-32(17-5-1)47-50-48(33-18-6-2-7-19-33)52-49(51-47)39-28-29-44(36-23-11-10-22-35(36)39)54-43-27-15-13-25-38(43)41-30-40-37-24-12-14-26-42(37)53(45(40)31-46(41)54)34-20-8-3-9-21-34/h1-31H. The summed E-state index contributed by atoms with van der Waals surface area (Å²) in [7, 11) is 0. The van der Waals surface area contributed by atoms with Crippen molar-refractivity contribution >= 4 is 54.4 Å². The highest BCUT2D eigenvalue weighted by Crippen LogP contribution is 2.41. The molecule has 0 aliphatic rings. The SMILES string of the molecule is c1ccc(-c2nc(-c3ccccc3)nc(-c3ccc(-n4c5ccccc5c5cc6c7ccccc7n(-c7ccccc7)c6cc54)c4ccccc34)n2)cc1. The summed E-state index contributed by atoms with van der Waals surface area (Å²) in [6.07, 6.45) is 0. The maximum atomic E-state index is 5.10. The first kappa shape index (κ1) is 30.3. The summed E-state index contributed by atoms with van der Waals surface area (Å²) in [6, 6.07) is 66.2. The molecule has 11 rings (SSSR count). The van der Waals surface area contributed by atoms with Crippen LogP contribution in [0.1, 0.15) is 0 Å². The van der Waals surface area contributed by atoms with Crippen LogP contribution in [0.3, 0.4) is 0 Å². The highest BCUT2D eigenvalue weighted by Gasteiger charge is 2.21. The Bertz CT molecular complexity index is 3140. The van der Waals surface area contributed by atoms with Gasteiger partial charge < -0.3 is 9.13 Å². The molecule has 0 saturated carbocycles. The molecule has 0 saturated heterocycles. The fourth-order valence-corrected chi connectivity index (χ4v) is 8.15. The molecule has 252 valence electrons. The lowest BCUT2D eigenvalue weighted by Gasteiger charge is -2.15. The molecule has 0 aliphatic heterocycles. The van der Waals surface area contributed by atoms with Gasteiger partial charge in [-0.2, -0.15) is 0 Å². The number of hydrogen-bond acceptors (Lipinski definition) is 3. The van der Waals surface area contributed by atoms with Crippen molar-refractivity contribution in [3.8, 4) is 45.5 Å². The highest BCUT2D eigenvalue weighted by atomic mass is 15.0. The summed E-state index contributed by atoms with van der Waals surface area (Å²) in [5.74, 6) is 1.93. The zero-order valence-electron chi connectivity index (χ0n) is 29.1. The van der Waals surface area contributed by atoms with Gasteiger partial charge in [0.05, 0.1) is 27.8 Å². The highest BCUT2D eigenvalue weighted by molar-refractivity contribution is 6.19. The molecule has 0 spiro atoms. The lowest BCUT2D eigenvalue weighted by Crippen LogP contribution is -2.01. The van der Waals surface area contributed by atoms with E-state index < -0.39 is 0 Å². The van der Waals surface area contributed by atoms with E-state index in [9.17, 15) is 0 Å². The molecule has 0 atom stereocenters. The smallest absolute Gasteiger partial charge is 0.164 e. The van der Waals surface area contributed by atoms with E-state index in [0.29, 0.717) is 17.5 Å². The molecule has 5 nitrogen and oxygen atoms in total. The molecule has 3 aromatic heterocycles. The van der Waals surface area contributed by atoms with Crippen molar-refractivity contribution in [3.63, 3.8) is 0 Å². The van der Waals surface area contributed by atoms with Crippen molar-refractivity contribution in [1.29, 1.82) is 0 Å². The summed E-state index contributed by atoms with van der Waals surface area (Å²) in [5, 5.41) is 7.11. The Morgan fingerprint density at radius 1 is 0.296 bits per heavy atom. The lowest BCUT2D eigenvalue weighted by atomic mass is 10.0. The van der Waals surface area contributed by atoms with Gasteiger partial charge in [-0.15, -0.1) is 0 Å². The minimum atomic E-state index is 0.641. The predicted molar refractivity (Wildman–Crippen MR) is 222 cm³/mol. The molecule has 0 N–H and O–H groups in total. The number of fused-ring (bicyclic) bond motifs is 7.